The third kappa shape index (κ3) is 5.76. The summed E-state index contributed by atoms with van der Waals surface area (Å²) in [5.74, 6) is 0.405. The fourth-order valence-corrected chi connectivity index (χ4v) is 4.57. The van der Waals surface area contributed by atoms with Gasteiger partial charge in [-0.2, -0.15) is 0 Å². The highest BCUT2D eigenvalue weighted by Gasteiger charge is 2.16. The van der Waals surface area contributed by atoms with E-state index in [4.69, 9.17) is 0 Å². The second-order valence-corrected chi connectivity index (χ2v) is 9.65. The summed E-state index contributed by atoms with van der Waals surface area (Å²) < 4.78 is 26.4. The van der Waals surface area contributed by atoms with Gasteiger partial charge < -0.3 is 5.32 Å². The molecule has 0 unspecified atom stereocenters. The molecule has 0 radical (unpaired) electrons. The first-order chi connectivity index (χ1) is 13.9. The van der Waals surface area contributed by atoms with E-state index in [1.165, 1.54) is 24.9 Å². The zero-order chi connectivity index (χ0) is 20.9. The summed E-state index contributed by atoms with van der Waals surface area (Å²) in [6, 6.07) is 8.71. The number of thioether (sulfide) groups is 1. The van der Waals surface area contributed by atoms with Crippen LogP contribution in [0.25, 0.3) is 12.2 Å². The van der Waals surface area contributed by atoms with Gasteiger partial charge in [0.15, 0.2) is 0 Å². The fraction of sp³-hybridized carbons (Fsp3) is 0.167. The van der Waals surface area contributed by atoms with E-state index in [9.17, 15) is 13.2 Å². The van der Waals surface area contributed by atoms with E-state index in [0.717, 1.165) is 4.88 Å². The predicted molar refractivity (Wildman–Crippen MR) is 116 cm³/mol. The molecule has 3 aromatic rings. The van der Waals surface area contributed by atoms with Gasteiger partial charge in [-0.15, -0.1) is 16.4 Å². The summed E-state index contributed by atoms with van der Waals surface area (Å²) in [4.78, 5) is 17.7. The maximum Gasteiger partial charge on any atom is 0.240 e. The van der Waals surface area contributed by atoms with Crippen LogP contribution in [0.4, 0.5) is 5.69 Å². The Bertz CT molecular complexity index is 1120. The molecule has 29 heavy (non-hydrogen) atoms. The summed E-state index contributed by atoms with van der Waals surface area (Å²) in [5, 5.41) is 12.0. The number of sulfonamides is 1. The molecule has 0 saturated carbocycles. The summed E-state index contributed by atoms with van der Waals surface area (Å²) in [6.07, 6.45) is 3.75. The van der Waals surface area contributed by atoms with Gasteiger partial charge in [0.2, 0.25) is 21.1 Å². The van der Waals surface area contributed by atoms with Gasteiger partial charge in [0.05, 0.1) is 10.6 Å². The van der Waals surface area contributed by atoms with Gasteiger partial charge in [-0.3, -0.25) is 9.89 Å². The second kappa shape index (κ2) is 9.35. The number of rotatable bonds is 8. The summed E-state index contributed by atoms with van der Waals surface area (Å²) in [6.45, 7) is 1.69. The lowest BCUT2D eigenvalue weighted by atomic mass is 10.2. The van der Waals surface area contributed by atoms with E-state index < -0.39 is 10.0 Å². The summed E-state index contributed by atoms with van der Waals surface area (Å²) in [5.41, 5.74) is 1.00. The highest BCUT2D eigenvalue weighted by molar-refractivity contribution is 7.99. The van der Waals surface area contributed by atoms with Crippen molar-refractivity contribution in [3.63, 3.8) is 0 Å². The van der Waals surface area contributed by atoms with Crippen molar-refractivity contribution in [1.82, 2.24) is 19.9 Å². The van der Waals surface area contributed by atoms with Gasteiger partial charge in [0, 0.05) is 10.6 Å². The lowest BCUT2D eigenvalue weighted by Gasteiger charge is -2.10. The number of carbonyl (C=O) groups is 1. The van der Waals surface area contributed by atoms with Crippen molar-refractivity contribution in [1.29, 1.82) is 0 Å². The molecule has 3 rings (SSSR count). The minimum absolute atomic E-state index is 0.0912. The minimum atomic E-state index is -3.60. The van der Waals surface area contributed by atoms with Crippen molar-refractivity contribution < 1.29 is 13.2 Å². The quantitative estimate of drug-likeness (QED) is 0.455. The molecule has 8 nitrogen and oxygen atoms in total. The van der Waals surface area contributed by atoms with E-state index in [-0.39, 0.29) is 16.6 Å². The lowest BCUT2D eigenvalue weighted by molar-refractivity contribution is -0.113. The van der Waals surface area contributed by atoms with Crippen molar-refractivity contribution in [2.24, 2.45) is 0 Å². The first kappa shape index (κ1) is 21.2. The van der Waals surface area contributed by atoms with Gasteiger partial charge in [-0.05, 0) is 55.3 Å². The summed E-state index contributed by atoms with van der Waals surface area (Å²) >= 11 is 2.80. The third-order valence-electron chi connectivity index (χ3n) is 3.79. The van der Waals surface area contributed by atoms with Gasteiger partial charge in [-0.25, -0.2) is 18.1 Å². The SMILES string of the molecule is CNS(=O)(=O)c1cc(NC(=O)CSc2n[nH]c(/C=C/c3cccs3)n2)ccc1C. The molecule has 0 spiro atoms. The average molecular weight is 450 g/mol. The number of nitrogens with one attached hydrogen (secondary N) is 3. The molecule has 3 N–H and O–H groups in total. The molecule has 1 aromatic carbocycles. The number of H-pyrrole nitrogens is 1. The van der Waals surface area contributed by atoms with E-state index in [2.05, 4.69) is 25.2 Å². The van der Waals surface area contributed by atoms with E-state index in [1.807, 2.05) is 29.7 Å². The number of aryl methyl sites for hydroxylation is 1. The molecule has 1 amide bonds. The van der Waals surface area contributed by atoms with Crippen molar-refractivity contribution in [3.05, 3.63) is 52.0 Å². The van der Waals surface area contributed by atoms with Crippen molar-refractivity contribution in [2.45, 2.75) is 17.0 Å². The average Bonchev–Trinajstić information content (AvgIpc) is 3.38. The molecule has 2 heterocycles. The molecule has 0 aliphatic rings. The molecule has 0 saturated heterocycles. The molecule has 0 aliphatic carbocycles. The second-order valence-electron chi connectivity index (χ2n) is 5.88. The van der Waals surface area contributed by atoms with Crippen LogP contribution < -0.4 is 10.0 Å². The van der Waals surface area contributed by atoms with Gasteiger partial charge >= 0.3 is 0 Å². The molecule has 0 bridgehead atoms. The normalized spacial score (nSPS) is 11.8. The third-order valence-corrected chi connectivity index (χ3v) is 7.03. The van der Waals surface area contributed by atoms with Crippen LogP contribution in [0.3, 0.4) is 0 Å². The van der Waals surface area contributed by atoms with Crippen LogP contribution >= 0.6 is 23.1 Å². The monoisotopic (exact) mass is 449 g/mol. The maximum atomic E-state index is 12.2. The first-order valence-corrected chi connectivity index (χ1v) is 11.8. The number of anilines is 1. The Labute approximate surface area is 176 Å². The number of hydrogen-bond acceptors (Lipinski definition) is 7. The van der Waals surface area contributed by atoms with Crippen LogP contribution in [0.2, 0.25) is 0 Å². The minimum Gasteiger partial charge on any atom is -0.325 e. The molecule has 2 aromatic heterocycles. The number of thiophene rings is 1. The summed E-state index contributed by atoms with van der Waals surface area (Å²) in [7, 11) is -2.25. The number of hydrogen-bond donors (Lipinski definition) is 3. The number of amides is 1. The van der Waals surface area contributed by atoms with Crippen molar-refractivity contribution in [3.8, 4) is 0 Å². The standard InChI is InChI=1S/C18H19N5O3S3/c1-12-5-6-13(10-15(12)29(25,26)19-2)20-17(24)11-28-18-21-16(22-23-18)8-7-14-4-3-9-27-14/h3-10,19H,11H2,1-2H3,(H,20,24)(H,21,22,23)/b8-7+. The van der Waals surface area contributed by atoms with E-state index in [0.29, 0.717) is 22.2 Å². The number of carbonyl (C=O) groups excluding carboxylic acids is 1. The number of aromatic amines is 1. The smallest absolute Gasteiger partial charge is 0.240 e. The van der Waals surface area contributed by atoms with E-state index >= 15 is 0 Å². The zero-order valence-corrected chi connectivity index (χ0v) is 18.1. The van der Waals surface area contributed by atoms with Crippen molar-refractivity contribution >= 4 is 56.9 Å². The van der Waals surface area contributed by atoms with Crippen LogP contribution in [0, 0.1) is 6.92 Å². The maximum absolute atomic E-state index is 12.2. The van der Waals surface area contributed by atoms with Crippen LogP contribution in [0.5, 0.6) is 0 Å². The lowest BCUT2D eigenvalue weighted by Crippen LogP contribution is -2.20. The van der Waals surface area contributed by atoms with Crippen LogP contribution in [-0.2, 0) is 14.8 Å². The zero-order valence-electron chi connectivity index (χ0n) is 15.7. The Morgan fingerprint density at radius 2 is 2.14 bits per heavy atom. The molecular weight excluding hydrogens is 430 g/mol. The molecule has 0 fully saturated rings. The molecule has 0 aliphatic heterocycles. The number of aromatic nitrogens is 3. The van der Waals surface area contributed by atoms with Crippen molar-refractivity contribution in [2.75, 3.05) is 18.1 Å². The Morgan fingerprint density at radius 3 is 2.86 bits per heavy atom. The Balaban J connectivity index is 1.57. The number of nitrogens with zero attached hydrogens (tertiary/aromatic N) is 2. The molecule has 11 heteroatoms. The highest BCUT2D eigenvalue weighted by atomic mass is 32.2. The van der Waals surface area contributed by atoms with Crippen LogP contribution in [0.1, 0.15) is 16.3 Å². The van der Waals surface area contributed by atoms with Crippen LogP contribution in [-0.4, -0.2) is 42.3 Å². The topological polar surface area (TPSA) is 117 Å². The molecular formula is C18H19N5O3S3. The Kier molecular flexibility index (Phi) is 6.85. The fourth-order valence-electron chi connectivity index (χ4n) is 2.35. The van der Waals surface area contributed by atoms with Gasteiger partial charge in [0.1, 0.15) is 5.82 Å². The molecule has 152 valence electrons. The largest absolute Gasteiger partial charge is 0.325 e. The molecule has 0 atom stereocenters. The van der Waals surface area contributed by atoms with Gasteiger partial charge in [0.25, 0.3) is 0 Å². The van der Waals surface area contributed by atoms with Gasteiger partial charge in [-0.1, -0.05) is 23.9 Å². The predicted octanol–water partition coefficient (Wildman–Crippen LogP) is 2.98. The first-order valence-electron chi connectivity index (χ1n) is 8.48. The highest BCUT2D eigenvalue weighted by Crippen LogP contribution is 2.21. The van der Waals surface area contributed by atoms with E-state index in [1.54, 1.807) is 30.4 Å². The number of benzene rings is 1. The van der Waals surface area contributed by atoms with Crippen LogP contribution in [0.15, 0.2) is 45.8 Å². The Hall–Kier alpha value is -2.47. The Morgan fingerprint density at radius 1 is 1.31 bits per heavy atom.